The molecular weight excluding hydrogens is 368 g/mol. The zero-order valence-corrected chi connectivity index (χ0v) is 16.8. The topological polar surface area (TPSA) is 70.1 Å². The molecule has 3 heterocycles. The molecule has 2 atom stereocenters. The van der Waals surface area contributed by atoms with Gasteiger partial charge in [-0.1, -0.05) is 30.3 Å². The number of nitrogens with zero attached hydrogens (tertiary/aromatic N) is 2. The van der Waals surface area contributed by atoms with Gasteiger partial charge in [-0.25, -0.2) is 0 Å². The number of aliphatic hydroxyl groups excluding tert-OH is 1. The number of ether oxygens (including phenoxy) is 1. The number of aliphatic hydroxyl groups is 1. The number of benzene rings is 1. The van der Waals surface area contributed by atoms with Gasteiger partial charge in [-0.05, 0) is 37.2 Å². The van der Waals surface area contributed by atoms with Crippen LogP contribution >= 0.6 is 0 Å². The summed E-state index contributed by atoms with van der Waals surface area (Å²) in [7, 11) is 0. The van der Waals surface area contributed by atoms with E-state index in [0.717, 1.165) is 31.2 Å². The minimum Gasteiger partial charge on any atom is -0.394 e. The first-order valence-electron chi connectivity index (χ1n) is 11.0. The fraction of sp³-hybridized carbons (Fsp3) is 0.652. The van der Waals surface area contributed by atoms with Gasteiger partial charge < -0.3 is 19.6 Å². The van der Waals surface area contributed by atoms with Crippen molar-refractivity contribution < 1.29 is 19.4 Å². The molecule has 1 N–H and O–H groups in total. The Morgan fingerprint density at radius 1 is 1.07 bits per heavy atom. The van der Waals surface area contributed by atoms with Gasteiger partial charge in [0.2, 0.25) is 11.8 Å². The van der Waals surface area contributed by atoms with Crippen LogP contribution in [0, 0.1) is 11.8 Å². The van der Waals surface area contributed by atoms with Gasteiger partial charge in [-0.3, -0.25) is 9.59 Å². The number of amides is 2. The van der Waals surface area contributed by atoms with Crippen molar-refractivity contribution in [3.05, 3.63) is 35.9 Å². The minimum absolute atomic E-state index is 0.0392. The van der Waals surface area contributed by atoms with Crippen LogP contribution in [0.3, 0.4) is 0 Å². The Morgan fingerprint density at radius 2 is 1.76 bits per heavy atom. The van der Waals surface area contributed by atoms with Crippen molar-refractivity contribution in [3.63, 3.8) is 0 Å². The fourth-order valence-corrected chi connectivity index (χ4v) is 5.65. The summed E-state index contributed by atoms with van der Waals surface area (Å²) in [4.78, 5) is 30.0. The summed E-state index contributed by atoms with van der Waals surface area (Å²) in [5, 5.41) is 10.2. The van der Waals surface area contributed by atoms with E-state index in [1.54, 1.807) is 0 Å². The zero-order valence-electron chi connectivity index (χ0n) is 16.8. The highest BCUT2D eigenvalue weighted by Crippen LogP contribution is 2.55. The maximum atomic E-state index is 13.5. The smallest absolute Gasteiger partial charge is 0.226 e. The maximum absolute atomic E-state index is 13.5. The van der Waals surface area contributed by atoms with Crippen molar-refractivity contribution >= 4 is 11.8 Å². The number of carbonyl (C=O) groups is 2. The Balaban J connectivity index is 1.40. The first-order valence-corrected chi connectivity index (χ1v) is 11.0. The van der Waals surface area contributed by atoms with Gasteiger partial charge in [0.05, 0.1) is 18.2 Å². The van der Waals surface area contributed by atoms with E-state index in [9.17, 15) is 14.7 Å². The Hall–Kier alpha value is -1.92. The van der Waals surface area contributed by atoms with E-state index in [1.165, 1.54) is 0 Å². The molecule has 1 aromatic rings. The molecule has 2 amide bonds. The second kappa shape index (κ2) is 7.40. The SMILES string of the molecule is O=C(CC1CC1)N1CC2(C1)[C@@H](c1ccccc1)[C@@H](CO)N2C(=O)C1CCOCC1. The third-order valence-electron chi connectivity index (χ3n) is 7.37. The molecule has 1 aromatic carbocycles. The van der Waals surface area contributed by atoms with Crippen LogP contribution in [0.4, 0.5) is 0 Å². The van der Waals surface area contributed by atoms with Crippen LogP contribution < -0.4 is 0 Å². The lowest BCUT2D eigenvalue weighted by molar-refractivity contribution is -0.207. The van der Waals surface area contributed by atoms with Gasteiger partial charge in [0.15, 0.2) is 0 Å². The van der Waals surface area contributed by atoms with Crippen molar-refractivity contribution in [1.29, 1.82) is 0 Å². The lowest BCUT2D eigenvalue weighted by Crippen LogP contribution is -2.86. The van der Waals surface area contributed by atoms with Crippen molar-refractivity contribution in [2.45, 2.75) is 49.6 Å². The molecule has 6 heteroatoms. The fourth-order valence-electron chi connectivity index (χ4n) is 5.65. The molecule has 0 aromatic heterocycles. The summed E-state index contributed by atoms with van der Waals surface area (Å²) < 4.78 is 5.44. The maximum Gasteiger partial charge on any atom is 0.226 e. The molecular formula is C23H30N2O4. The number of rotatable bonds is 5. The van der Waals surface area contributed by atoms with E-state index in [1.807, 2.05) is 28.0 Å². The summed E-state index contributed by atoms with van der Waals surface area (Å²) in [5.74, 6) is 0.949. The summed E-state index contributed by atoms with van der Waals surface area (Å²) in [6, 6.07) is 9.96. The first-order chi connectivity index (χ1) is 14.1. The molecule has 4 fully saturated rings. The van der Waals surface area contributed by atoms with E-state index in [0.29, 0.717) is 38.6 Å². The van der Waals surface area contributed by atoms with Crippen LogP contribution in [0.15, 0.2) is 30.3 Å². The molecule has 1 spiro atoms. The van der Waals surface area contributed by atoms with Crippen molar-refractivity contribution in [2.75, 3.05) is 32.9 Å². The van der Waals surface area contributed by atoms with Gasteiger partial charge in [0, 0.05) is 44.6 Å². The number of hydrogen-bond donors (Lipinski definition) is 1. The van der Waals surface area contributed by atoms with E-state index < -0.39 is 0 Å². The van der Waals surface area contributed by atoms with Crippen molar-refractivity contribution in [2.24, 2.45) is 11.8 Å². The zero-order chi connectivity index (χ0) is 20.0. The summed E-state index contributed by atoms with van der Waals surface area (Å²) in [6.07, 6.45) is 4.45. The molecule has 0 unspecified atom stereocenters. The van der Waals surface area contributed by atoms with E-state index in [4.69, 9.17) is 4.74 Å². The number of likely N-dealkylation sites (tertiary alicyclic amines) is 2. The summed E-state index contributed by atoms with van der Waals surface area (Å²) in [5.41, 5.74) is 0.778. The largest absolute Gasteiger partial charge is 0.394 e. The first kappa shape index (κ1) is 19.1. The molecule has 0 radical (unpaired) electrons. The molecule has 156 valence electrons. The van der Waals surface area contributed by atoms with Gasteiger partial charge in [-0.2, -0.15) is 0 Å². The summed E-state index contributed by atoms with van der Waals surface area (Å²) >= 11 is 0. The standard InChI is InChI=1S/C23H30N2O4/c26-13-19-21(17-4-2-1-3-5-17)23(14-24(15-23)20(27)12-16-6-7-16)25(19)22(28)18-8-10-29-11-9-18/h1-5,16,18-19,21,26H,6-15H2/t19-,21+/m1/s1. The predicted molar refractivity (Wildman–Crippen MR) is 107 cm³/mol. The molecule has 5 rings (SSSR count). The second-order valence-electron chi connectivity index (χ2n) is 9.23. The Morgan fingerprint density at radius 3 is 2.38 bits per heavy atom. The Labute approximate surface area is 171 Å². The average Bonchev–Trinajstić information content (AvgIpc) is 3.52. The highest BCUT2D eigenvalue weighted by atomic mass is 16.5. The average molecular weight is 399 g/mol. The lowest BCUT2D eigenvalue weighted by Gasteiger charge is -2.71. The van der Waals surface area contributed by atoms with E-state index >= 15 is 0 Å². The highest BCUT2D eigenvalue weighted by molar-refractivity contribution is 5.84. The lowest BCUT2D eigenvalue weighted by atomic mass is 9.60. The Bertz CT molecular complexity index is 766. The van der Waals surface area contributed by atoms with Crippen LogP contribution in [0.5, 0.6) is 0 Å². The van der Waals surface area contributed by atoms with Crippen LogP contribution in [0.2, 0.25) is 0 Å². The molecule has 3 aliphatic heterocycles. The van der Waals surface area contributed by atoms with E-state index in [2.05, 4.69) is 12.1 Å². The van der Waals surface area contributed by atoms with Crippen molar-refractivity contribution in [1.82, 2.24) is 9.80 Å². The molecule has 1 saturated carbocycles. The quantitative estimate of drug-likeness (QED) is 0.821. The minimum atomic E-state index is -0.372. The predicted octanol–water partition coefficient (Wildman–Crippen LogP) is 1.78. The normalized spacial score (nSPS) is 28.7. The van der Waals surface area contributed by atoms with Gasteiger partial charge in [-0.15, -0.1) is 0 Å². The van der Waals surface area contributed by atoms with Gasteiger partial charge in [0.25, 0.3) is 0 Å². The second-order valence-corrected chi connectivity index (χ2v) is 9.23. The molecule has 4 aliphatic rings. The molecule has 1 aliphatic carbocycles. The van der Waals surface area contributed by atoms with Crippen LogP contribution in [-0.4, -0.2) is 71.2 Å². The Kier molecular flexibility index (Phi) is 4.87. The van der Waals surface area contributed by atoms with Gasteiger partial charge in [0.1, 0.15) is 0 Å². The van der Waals surface area contributed by atoms with Crippen LogP contribution in [-0.2, 0) is 14.3 Å². The highest BCUT2D eigenvalue weighted by Gasteiger charge is 2.68. The monoisotopic (exact) mass is 398 g/mol. The number of carbonyl (C=O) groups excluding carboxylic acids is 2. The molecule has 0 bridgehead atoms. The molecule has 29 heavy (non-hydrogen) atoms. The molecule has 3 saturated heterocycles. The number of hydrogen-bond acceptors (Lipinski definition) is 4. The third kappa shape index (κ3) is 3.17. The third-order valence-corrected chi connectivity index (χ3v) is 7.37. The van der Waals surface area contributed by atoms with E-state index in [-0.39, 0.29) is 41.8 Å². The molecule has 6 nitrogen and oxygen atoms in total. The summed E-state index contributed by atoms with van der Waals surface area (Å²) in [6.45, 7) is 2.36. The van der Waals surface area contributed by atoms with Crippen LogP contribution in [0.1, 0.15) is 43.6 Å². The van der Waals surface area contributed by atoms with Crippen LogP contribution in [0.25, 0.3) is 0 Å². The van der Waals surface area contributed by atoms with Gasteiger partial charge >= 0.3 is 0 Å². The van der Waals surface area contributed by atoms with Crippen molar-refractivity contribution in [3.8, 4) is 0 Å².